The van der Waals surface area contributed by atoms with Gasteiger partial charge < -0.3 is 15.4 Å². The molecular weight excluding hydrogens is 362 g/mol. The van der Waals surface area contributed by atoms with Crippen LogP contribution < -0.4 is 10.6 Å². The lowest BCUT2D eigenvalue weighted by Crippen LogP contribution is -2.49. The van der Waals surface area contributed by atoms with E-state index in [1.807, 2.05) is 36.4 Å². The van der Waals surface area contributed by atoms with Crippen molar-refractivity contribution in [3.63, 3.8) is 0 Å². The second-order valence-electron chi connectivity index (χ2n) is 8.02. The largest absolute Gasteiger partial charge is 0.378 e. The summed E-state index contributed by atoms with van der Waals surface area (Å²) in [6, 6.07) is 18.0. The Labute approximate surface area is 170 Å². The first-order chi connectivity index (χ1) is 14.2. The molecule has 148 valence electrons. The molecule has 2 aliphatic rings. The third-order valence-corrected chi connectivity index (χ3v) is 6.57. The van der Waals surface area contributed by atoms with Crippen LogP contribution in [0.3, 0.4) is 0 Å². The van der Waals surface area contributed by atoms with Crippen molar-refractivity contribution in [3.05, 3.63) is 77.5 Å². The number of nitrogens with one attached hydrogen (secondary N) is 2. The van der Waals surface area contributed by atoms with Crippen molar-refractivity contribution in [2.45, 2.75) is 30.4 Å². The molecule has 0 unspecified atom stereocenters. The van der Waals surface area contributed by atoms with Gasteiger partial charge in [0.15, 0.2) is 0 Å². The maximum Gasteiger partial charge on any atom is 0.253 e. The molecule has 2 aromatic carbocycles. The minimum atomic E-state index is -0.173. The summed E-state index contributed by atoms with van der Waals surface area (Å²) < 4.78 is 6.05. The fourth-order valence-corrected chi connectivity index (χ4v) is 5.22. The van der Waals surface area contributed by atoms with Gasteiger partial charge in [-0.2, -0.15) is 0 Å². The number of nitrogens with zero attached hydrogens (tertiary/aromatic N) is 1. The molecule has 2 heterocycles. The van der Waals surface area contributed by atoms with Crippen LogP contribution in [0.25, 0.3) is 10.9 Å². The van der Waals surface area contributed by atoms with Crippen molar-refractivity contribution in [1.82, 2.24) is 15.6 Å². The topological polar surface area (TPSA) is 63.2 Å². The summed E-state index contributed by atoms with van der Waals surface area (Å²) in [6.07, 6.45) is 3.58. The molecule has 1 aliphatic heterocycles. The first-order valence-corrected chi connectivity index (χ1v) is 10.2. The van der Waals surface area contributed by atoms with Gasteiger partial charge in [-0.1, -0.05) is 42.5 Å². The average molecular weight is 387 g/mol. The number of carbonyl (C=O) groups excluding carboxylic acids is 1. The normalized spacial score (nSPS) is 22.5. The van der Waals surface area contributed by atoms with Crippen LogP contribution >= 0.6 is 0 Å². The highest BCUT2D eigenvalue weighted by atomic mass is 16.5. The molecule has 0 bridgehead atoms. The van der Waals surface area contributed by atoms with Crippen LogP contribution in [0.15, 0.2) is 60.8 Å². The molecule has 0 saturated carbocycles. The lowest BCUT2D eigenvalue weighted by molar-refractivity contribution is 0.00397. The maximum atomic E-state index is 13.2. The maximum absolute atomic E-state index is 13.2. The monoisotopic (exact) mass is 387 g/mol. The number of rotatable bonds is 3. The summed E-state index contributed by atoms with van der Waals surface area (Å²) in [5.74, 6) is -0.115. The third kappa shape index (κ3) is 2.93. The van der Waals surface area contributed by atoms with Crippen LogP contribution in [0.5, 0.6) is 0 Å². The molecule has 1 saturated heterocycles. The van der Waals surface area contributed by atoms with Crippen molar-refractivity contribution >= 4 is 16.8 Å². The zero-order valence-corrected chi connectivity index (χ0v) is 16.5. The number of fused-ring (bicyclic) bond motifs is 3. The Balaban J connectivity index is 1.50. The summed E-state index contributed by atoms with van der Waals surface area (Å²) in [4.78, 5) is 17.6. The van der Waals surface area contributed by atoms with E-state index in [-0.39, 0.29) is 23.5 Å². The van der Waals surface area contributed by atoms with E-state index in [2.05, 4.69) is 33.8 Å². The minimum Gasteiger partial charge on any atom is -0.378 e. The summed E-state index contributed by atoms with van der Waals surface area (Å²) in [5.41, 5.74) is 3.88. The highest BCUT2D eigenvalue weighted by Gasteiger charge is 2.53. The van der Waals surface area contributed by atoms with E-state index in [1.54, 1.807) is 13.3 Å². The molecule has 29 heavy (non-hydrogen) atoms. The van der Waals surface area contributed by atoms with Crippen molar-refractivity contribution in [2.75, 3.05) is 20.2 Å². The molecule has 1 amide bonds. The highest BCUT2D eigenvalue weighted by Crippen LogP contribution is 2.51. The van der Waals surface area contributed by atoms with Crippen molar-refractivity contribution in [1.29, 1.82) is 0 Å². The van der Waals surface area contributed by atoms with Crippen LogP contribution in [0.4, 0.5) is 0 Å². The summed E-state index contributed by atoms with van der Waals surface area (Å²) in [7, 11) is 1.76. The zero-order valence-electron chi connectivity index (χ0n) is 16.5. The van der Waals surface area contributed by atoms with Gasteiger partial charge in [0.05, 0.1) is 23.2 Å². The van der Waals surface area contributed by atoms with E-state index >= 15 is 0 Å². The number of hydrogen-bond donors (Lipinski definition) is 2. The van der Waals surface area contributed by atoms with E-state index in [0.717, 1.165) is 36.8 Å². The van der Waals surface area contributed by atoms with Gasteiger partial charge in [0.1, 0.15) is 0 Å². The molecule has 0 radical (unpaired) electrons. The standard InChI is InChI=1S/C24H25N3O2/c1-29-22-21(18-7-3-4-8-19(18)24(22)10-12-25-13-11-24)27-23(28)17-14-16-6-2-5-9-20(16)26-15-17/h2-9,14-15,21-22,25H,10-13H2,1H3,(H,27,28)/t21-,22+/m0/s1. The van der Waals surface area contributed by atoms with Gasteiger partial charge in [-0.15, -0.1) is 0 Å². The number of methoxy groups -OCH3 is 1. The van der Waals surface area contributed by atoms with Gasteiger partial charge in [-0.3, -0.25) is 9.78 Å². The molecular formula is C24H25N3O2. The molecule has 1 fully saturated rings. The fourth-order valence-electron chi connectivity index (χ4n) is 5.22. The Hall–Kier alpha value is -2.76. The van der Waals surface area contributed by atoms with Crippen molar-refractivity contribution < 1.29 is 9.53 Å². The second kappa shape index (κ2) is 7.25. The van der Waals surface area contributed by atoms with E-state index in [9.17, 15) is 4.79 Å². The number of pyridine rings is 1. The molecule has 3 aromatic rings. The average Bonchev–Trinajstić information content (AvgIpc) is 3.02. The van der Waals surface area contributed by atoms with Gasteiger partial charge in [-0.25, -0.2) is 0 Å². The molecule has 1 aliphatic carbocycles. The van der Waals surface area contributed by atoms with Crippen LogP contribution in [0.2, 0.25) is 0 Å². The number of aromatic nitrogens is 1. The lowest BCUT2D eigenvalue weighted by atomic mass is 9.72. The molecule has 1 aromatic heterocycles. The van der Waals surface area contributed by atoms with Gasteiger partial charge in [-0.05, 0) is 49.2 Å². The van der Waals surface area contributed by atoms with Crippen molar-refractivity contribution in [2.24, 2.45) is 0 Å². The molecule has 5 nitrogen and oxygen atoms in total. The van der Waals surface area contributed by atoms with Crippen LogP contribution in [0, 0.1) is 0 Å². The Morgan fingerprint density at radius 3 is 2.72 bits per heavy atom. The SMILES string of the molecule is CO[C@@H]1[C@@H](NC(=O)c2cnc3ccccc3c2)c2ccccc2C12CCNCC2. The predicted molar refractivity (Wildman–Crippen MR) is 113 cm³/mol. The van der Waals surface area contributed by atoms with Gasteiger partial charge in [0.25, 0.3) is 5.91 Å². The number of para-hydroxylation sites is 1. The number of ether oxygens (including phenoxy) is 1. The molecule has 5 heteroatoms. The van der Waals surface area contributed by atoms with E-state index < -0.39 is 0 Å². The van der Waals surface area contributed by atoms with Crippen molar-refractivity contribution in [3.8, 4) is 0 Å². The first kappa shape index (κ1) is 18.3. The summed E-state index contributed by atoms with van der Waals surface area (Å²) in [6.45, 7) is 1.92. The smallest absolute Gasteiger partial charge is 0.253 e. The quantitative estimate of drug-likeness (QED) is 0.723. The number of amides is 1. The molecule has 1 spiro atoms. The highest BCUT2D eigenvalue weighted by molar-refractivity contribution is 5.97. The Morgan fingerprint density at radius 2 is 1.90 bits per heavy atom. The molecule has 5 rings (SSSR count). The number of hydrogen-bond acceptors (Lipinski definition) is 4. The van der Waals surface area contributed by atoms with E-state index in [0.29, 0.717) is 5.56 Å². The van der Waals surface area contributed by atoms with E-state index in [4.69, 9.17) is 4.74 Å². The lowest BCUT2D eigenvalue weighted by Gasteiger charge is -2.40. The van der Waals surface area contributed by atoms with Gasteiger partial charge in [0.2, 0.25) is 0 Å². The third-order valence-electron chi connectivity index (χ3n) is 6.57. The van der Waals surface area contributed by atoms with Crippen LogP contribution in [-0.4, -0.2) is 37.2 Å². The Kier molecular flexibility index (Phi) is 4.57. The predicted octanol–water partition coefficient (Wildman–Crippen LogP) is 3.36. The van der Waals surface area contributed by atoms with Crippen LogP contribution in [0.1, 0.15) is 40.4 Å². The fraction of sp³-hybridized carbons (Fsp3) is 0.333. The summed E-state index contributed by atoms with van der Waals surface area (Å²) in [5, 5.41) is 7.69. The van der Waals surface area contributed by atoms with E-state index in [1.165, 1.54) is 11.1 Å². The molecule has 2 atom stereocenters. The molecule has 2 N–H and O–H groups in total. The summed E-state index contributed by atoms with van der Waals surface area (Å²) >= 11 is 0. The number of benzene rings is 2. The minimum absolute atomic E-state index is 0.0594. The number of carbonyl (C=O) groups is 1. The van der Waals surface area contributed by atoms with Gasteiger partial charge >= 0.3 is 0 Å². The van der Waals surface area contributed by atoms with Gasteiger partial charge in [0, 0.05) is 24.1 Å². The van der Waals surface area contributed by atoms with Crippen LogP contribution in [-0.2, 0) is 10.2 Å². The second-order valence-corrected chi connectivity index (χ2v) is 8.02. The Morgan fingerprint density at radius 1 is 1.14 bits per heavy atom. The first-order valence-electron chi connectivity index (χ1n) is 10.2. The Bertz CT molecular complexity index is 1060. The zero-order chi connectivity index (χ0) is 19.8. The number of piperidine rings is 1.